The average Bonchev–Trinajstić information content (AvgIpc) is 2.67. The molecule has 0 atom stereocenters. The zero-order valence-electron chi connectivity index (χ0n) is 9.45. The van der Waals surface area contributed by atoms with E-state index < -0.39 is 5.97 Å². The molecule has 0 saturated heterocycles. The van der Waals surface area contributed by atoms with E-state index in [9.17, 15) is 9.90 Å². The van der Waals surface area contributed by atoms with Crippen molar-refractivity contribution in [1.29, 1.82) is 0 Å². The second-order valence-corrected chi connectivity index (χ2v) is 3.89. The number of carboxylic acid groups (broad SMARTS) is 1. The van der Waals surface area contributed by atoms with Crippen LogP contribution in [0.25, 0.3) is 0 Å². The lowest BCUT2D eigenvalue weighted by Gasteiger charge is -2.05. The van der Waals surface area contributed by atoms with Gasteiger partial charge in [0, 0.05) is 11.1 Å². The molecule has 0 spiro atoms. The zero-order valence-corrected chi connectivity index (χ0v) is 10.3. The lowest BCUT2D eigenvalue weighted by atomic mass is 10.1. The summed E-state index contributed by atoms with van der Waals surface area (Å²) in [5, 5.41) is 21.5. The van der Waals surface area contributed by atoms with Crippen LogP contribution in [0.2, 0.25) is 0 Å². The highest BCUT2D eigenvalue weighted by Gasteiger charge is 2.01. The standard InChI is InChI=1S/C11H10N4O2S/c1-7-13-14-11(18)15(7)12-6-8-4-2-3-5-9(8)10(16)17/h2-6H,1H3,(H,14,18)(H,16,17)/p-1/b12-6-. The number of rotatable bonds is 3. The topological polar surface area (TPSA) is 86.1 Å². The zero-order chi connectivity index (χ0) is 13.1. The van der Waals surface area contributed by atoms with E-state index in [-0.39, 0.29) is 5.56 Å². The van der Waals surface area contributed by atoms with Crippen LogP contribution in [0.3, 0.4) is 0 Å². The second kappa shape index (κ2) is 4.92. The first-order valence-electron chi connectivity index (χ1n) is 5.08. The highest BCUT2D eigenvalue weighted by atomic mass is 32.1. The maximum absolute atomic E-state index is 10.9. The summed E-state index contributed by atoms with van der Waals surface area (Å²) in [6.07, 6.45) is 1.41. The van der Waals surface area contributed by atoms with Gasteiger partial charge < -0.3 is 9.90 Å². The number of hydrogen-bond donors (Lipinski definition) is 1. The van der Waals surface area contributed by atoms with Crippen LogP contribution in [0.5, 0.6) is 0 Å². The molecule has 0 aliphatic heterocycles. The molecule has 0 aliphatic carbocycles. The van der Waals surface area contributed by atoms with E-state index in [0.717, 1.165) is 0 Å². The molecule has 0 amide bonds. The SMILES string of the molecule is Cc1n[nH]c(=S)n1/N=C\c1ccccc1C(=O)[O-]. The molecule has 0 bridgehead atoms. The number of hydrogen-bond acceptors (Lipinski definition) is 5. The number of carboxylic acids is 1. The summed E-state index contributed by atoms with van der Waals surface area (Å²) in [5.74, 6) is -0.660. The fourth-order valence-corrected chi connectivity index (χ4v) is 1.65. The maximum Gasteiger partial charge on any atom is 0.216 e. The molecule has 0 saturated carbocycles. The van der Waals surface area contributed by atoms with Gasteiger partial charge >= 0.3 is 0 Å². The Morgan fingerprint density at radius 1 is 1.56 bits per heavy atom. The number of aromatic carboxylic acids is 1. The Bertz CT molecular complexity index is 672. The normalized spacial score (nSPS) is 10.9. The molecule has 0 radical (unpaired) electrons. The first kappa shape index (κ1) is 12.2. The highest BCUT2D eigenvalue weighted by molar-refractivity contribution is 7.71. The predicted molar refractivity (Wildman–Crippen MR) is 65.9 cm³/mol. The van der Waals surface area contributed by atoms with Crippen LogP contribution in [0.4, 0.5) is 0 Å². The predicted octanol–water partition coefficient (Wildman–Crippen LogP) is 0.495. The van der Waals surface area contributed by atoms with Crippen molar-refractivity contribution in [3.63, 3.8) is 0 Å². The monoisotopic (exact) mass is 261 g/mol. The van der Waals surface area contributed by atoms with Crippen LogP contribution in [0.1, 0.15) is 21.7 Å². The van der Waals surface area contributed by atoms with Crippen molar-refractivity contribution in [1.82, 2.24) is 14.9 Å². The molecular formula is C11H9N4O2S-. The Kier molecular flexibility index (Phi) is 3.33. The summed E-state index contributed by atoms with van der Waals surface area (Å²) in [6.45, 7) is 1.73. The van der Waals surface area contributed by atoms with E-state index in [1.807, 2.05) is 0 Å². The van der Waals surface area contributed by atoms with Gasteiger partial charge in [0.2, 0.25) is 4.77 Å². The maximum atomic E-state index is 10.9. The molecular weight excluding hydrogens is 252 g/mol. The average molecular weight is 261 g/mol. The second-order valence-electron chi connectivity index (χ2n) is 3.51. The van der Waals surface area contributed by atoms with Crippen molar-refractivity contribution >= 4 is 24.4 Å². The van der Waals surface area contributed by atoms with Crippen molar-refractivity contribution in [2.75, 3.05) is 0 Å². The highest BCUT2D eigenvalue weighted by Crippen LogP contribution is 2.05. The van der Waals surface area contributed by atoms with E-state index in [1.54, 1.807) is 25.1 Å². The van der Waals surface area contributed by atoms with Gasteiger partial charge in [-0.15, -0.1) is 0 Å². The number of carbonyl (C=O) groups excluding carboxylic acids is 1. The fraction of sp³-hybridized carbons (Fsp3) is 0.0909. The Balaban J connectivity index is 2.41. The molecule has 1 aromatic heterocycles. The molecule has 0 fully saturated rings. The van der Waals surface area contributed by atoms with Crippen LogP contribution >= 0.6 is 12.2 Å². The van der Waals surface area contributed by atoms with Gasteiger partial charge in [-0.2, -0.15) is 14.9 Å². The van der Waals surface area contributed by atoms with E-state index in [0.29, 0.717) is 16.2 Å². The number of carbonyl (C=O) groups is 1. The minimum atomic E-state index is -1.25. The van der Waals surface area contributed by atoms with Crippen LogP contribution in [-0.2, 0) is 0 Å². The molecule has 7 heteroatoms. The molecule has 1 heterocycles. The van der Waals surface area contributed by atoms with E-state index >= 15 is 0 Å². The third kappa shape index (κ3) is 2.35. The number of aromatic amines is 1. The number of aryl methyl sites for hydroxylation is 1. The minimum Gasteiger partial charge on any atom is -0.545 e. The lowest BCUT2D eigenvalue weighted by Crippen LogP contribution is -2.23. The Labute approximate surface area is 108 Å². The largest absolute Gasteiger partial charge is 0.545 e. The molecule has 0 aliphatic rings. The van der Waals surface area contributed by atoms with Gasteiger partial charge in [0.05, 0.1) is 12.2 Å². The first-order valence-corrected chi connectivity index (χ1v) is 5.49. The minimum absolute atomic E-state index is 0.0777. The Morgan fingerprint density at radius 2 is 2.28 bits per heavy atom. The first-order chi connectivity index (χ1) is 8.59. The van der Waals surface area contributed by atoms with Crippen LogP contribution in [-0.4, -0.2) is 27.1 Å². The molecule has 2 rings (SSSR count). The third-order valence-electron chi connectivity index (χ3n) is 2.31. The number of aromatic nitrogens is 3. The third-order valence-corrected chi connectivity index (χ3v) is 2.57. The van der Waals surface area contributed by atoms with Crippen molar-refractivity contribution in [3.8, 4) is 0 Å². The number of nitrogens with zero attached hydrogens (tertiary/aromatic N) is 3. The van der Waals surface area contributed by atoms with E-state index in [4.69, 9.17) is 12.2 Å². The molecule has 2 aromatic rings. The summed E-state index contributed by atoms with van der Waals surface area (Å²) in [4.78, 5) is 10.9. The van der Waals surface area contributed by atoms with E-state index in [2.05, 4.69) is 15.3 Å². The van der Waals surface area contributed by atoms with Gasteiger partial charge in [-0.05, 0) is 19.1 Å². The van der Waals surface area contributed by atoms with E-state index in [1.165, 1.54) is 17.0 Å². The summed E-state index contributed by atoms with van der Waals surface area (Å²) in [7, 11) is 0. The molecule has 1 aromatic carbocycles. The molecule has 92 valence electrons. The number of benzene rings is 1. The molecule has 18 heavy (non-hydrogen) atoms. The summed E-state index contributed by atoms with van der Waals surface area (Å²) in [6, 6.07) is 6.43. The summed E-state index contributed by atoms with van der Waals surface area (Å²) in [5.41, 5.74) is 0.522. The molecule has 6 nitrogen and oxygen atoms in total. The van der Waals surface area contributed by atoms with Gasteiger partial charge in [-0.1, -0.05) is 24.3 Å². The Morgan fingerprint density at radius 3 is 2.89 bits per heavy atom. The van der Waals surface area contributed by atoms with Crippen molar-refractivity contribution in [2.24, 2.45) is 5.10 Å². The van der Waals surface area contributed by atoms with Gasteiger partial charge in [0.1, 0.15) is 5.82 Å². The van der Waals surface area contributed by atoms with Crippen LogP contribution in [0.15, 0.2) is 29.4 Å². The summed E-state index contributed by atoms with van der Waals surface area (Å²) >= 11 is 4.98. The van der Waals surface area contributed by atoms with Gasteiger partial charge in [0.15, 0.2) is 0 Å². The van der Waals surface area contributed by atoms with Gasteiger partial charge in [-0.25, -0.2) is 0 Å². The smallest absolute Gasteiger partial charge is 0.216 e. The van der Waals surface area contributed by atoms with Crippen molar-refractivity contribution < 1.29 is 9.90 Å². The lowest BCUT2D eigenvalue weighted by molar-refractivity contribution is -0.255. The molecule has 0 unspecified atom stereocenters. The quantitative estimate of drug-likeness (QED) is 0.643. The van der Waals surface area contributed by atoms with Gasteiger partial charge in [0.25, 0.3) is 0 Å². The van der Waals surface area contributed by atoms with Crippen molar-refractivity contribution in [2.45, 2.75) is 6.92 Å². The van der Waals surface area contributed by atoms with Crippen LogP contribution in [0, 0.1) is 11.7 Å². The Hall–Kier alpha value is -2.28. The number of nitrogens with one attached hydrogen (secondary N) is 1. The van der Waals surface area contributed by atoms with Gasteiger partial charge in [-0.3, -0.25) is 5.10 Å². The van der Waals surface area contributed by atoms with Crippen LogP contribution < -0.4 is 5.11 Å². The number of H-pyrrole nitrogens is 1. The fourth-order valence-electron chi connectivity index (χ4n) is 1.42. The van der Waals surface area contributed by atoms with Crippen molar-refractivity contribution in [3.05, 3.63) is 46.0 Å². The summed E-state index contributed by atoms with van der Waals surface area (Å²) < 4.78 is 1.75. The molecule has 1 N–H and O–H groups in total.